The third-order valence-electron chi connectivity index (χ3n) is 5.25. The lowest BCUT2D eigenvalue weighted by atomic mass is 9.92. The molecule has 3 aliphatic heterocycles. The zero-order valence-corrected chi connectivity index (χ0v) is 15.9. The third-order valence-corrected chi connectivity index (χ3v) is 7.66. The fraction of sp³-hybridized carbons (Fsp3) is 0.625. The van der Waals surface area contributed by atoms with Crippen LogP contribution in [0.4, 0.5) is 0 Å². The Morgan fingerprint density at radius 1 is 1.17 bits per heavy atom. The van der Waals surface area contributed by atoms with E-state index in [0.29, 0.717) is 18.0 Å². The average Bonchev–Trinajstić information content (AvgIpc) is 2.92. The number of sulfonamides is 1. The molecule has 1 atom stereocenters. The number of piperidine rings is 1. The predicted molar refractivity (Wildman–Crippen MR) is 94.2 cm³/mol. The van der Waals surface area contributed by atoms with Crippen molar-refractivity contribution in [3.05, 3.63) is 28.7 Å². The molecule has 4 rings (SSSR count). The molecule has 1 N–H and O–H groups in total. The molecule has 3 fully saturated rings. The summed E-state index contributed by atoms with van der Waals surface area (Å²) in [4.78, 5) is 2.65. The first-order valence-corrected chi connectivity index (χ1v) is 10.6. The third kappa shape index (κ3) is 3.04. The van der Waals surface area contributed by atoms with Crippen molar-refractivity contribution in [2.75, 3.05) is 39.3 Å². The van der Waals surface area contributed by atoms with Gasteiger partial charge < -0.3 is 10.1 Å². The Labute approximate surface area is 151 Å². The molecule has 0 aromatic heterocycles. The number of benzene rings is 1. The van der Waals surface area contributed by atoms with Gasteiger partial charge in [0.2, 0.25) is 10.0 Å². The zero-order valence-electron chi connectivity index (χ0n) is 13.4. The van der Waals surface area contributed by atoms with E-state index in [2.05, 4.69) is 26.1 Å². The van der Waals surface area contributed by atoms with Crippen LogP contribution < -0.4 is 5.32 Å². The van der Waals surface area contributed by atoms with E-state index >= 15 is 0 Å². The SMILES string of the molecule is O=S(=O)(c1ccc(Br)cc1)N1CCN2CC3(CCNCC3)OC2C1. The highest BCUT2D eigenvalue weighted by molar-refractivity contribution is 9.10. The number of nitrogens with zero attached hydrogens (tertiary/aromatic N) is 2. The van der Waals surface area contributed by atoms with Gasteiger partial charge in [-0.15, -0.1) is 0 Å². The average molecular weight is 416 g/mol. The molecule has 8 heteroatoms. The molecular formula is C16H22BrN3O3S. The summed E-state index contributed by atoms with van der Waals surface area (Å²) in [5, 5.41) is 3.37. The van der Waals surface area contributed by atoms with E-state index in [9.17, 15) is 8.42 Å². The Balaban J connectivity index is 1.50. The lowest BCUT2D eigenvalue weighted by Crippen LogP contribution is -2.52. The molecule has 0 aliphatic carbocycles. The summed E-state index contributed by atoms with van der Waals surface area (Å²) in [6.45, 7) is 4.53. The molecule has 1 unspecified atom stereocenters. The highest BCUT2D eigenvalue weighted by Gasteiger charge is 2.48. The van der Waals surface area contributed by atoms with Crippen molar-refractivity contribution >= 4 is 26.0 Å². The lowest BCUT2D eigenvalue weighted by molar-refractivity contribution is -0.0843. The van der Waals surface area contributed by atoms with Gasteiger partial charge in [0.15, 0.2) is 0 Å². The van der Waals surface area contributed by atoms with E-state index in [4.69, 9.17) is 4.74 Å². The van der Waals surface area contributed by atoms with Crippen molar-refractivity contribution in [1.29, 1.82) is 0 Å². The maximum atomic E-state index is 12.9. The zero-order chi connectivity index (χ0) is 16.8. The van der Waals surface area contributed by atoms with Crippen LogP contribution in [-0.4, -0.2) is 68.7 Å². The summed E-state index contributed by atoms with van der Waals surface area (Å²) < 4.78 is 34.5. The largest absolute Gasteiger partial charge is 0.354 e. The molecular weight excluding hydrogens is 394 g/mol. The number of halogens is 1. The van der Waals surface area contributed by atoms with Gasteiger partial charge in [-0.1, -0.05) is 15.9 Å². The number of fused-ring (bicyclic) bond motifs is 1. The summed E-state index contributed by atoms with van der Waals surface area (Å²) >= 11 is 3.35. The van der Waals surface area contributed by atoms with Crippen molar-refractivity contribution in [2.45, 2.75) is 29.6 Å². The first kappa shape index (κ1) is 16.9. The van der Waals surface area contributed by atoms with Crippen LogP contribution >= 0.6 is 15.9 Å². The minimum absolute atomic E-state index is 0.0900. The fourth-order valence-electron chi connectivity index (χ4n) is 3.89. The van der Waals surface area contributed by atoms with E-state index < -0.39 is 10.0 Å². The van der Waals surface area contributed by atoms with Crippen LogP contribution in [0.5, 0.6) is 0 Å². The fourth-order valence-corrected chi connectivity index (χ4v) is 5.57. The maximum Gasteiger partial charge on any atom is 0.243 e. The van der Waals surface area contributed by atoms with Gasteiger partial charge in [0.1, 0.15) is 6.23 Å². The quantitative estimate of drug-likeness (QED) is 0.786. The molecule has 1 aromatic rings. The second-order valence-electron chi connectivity index (χ2n) is 6.79. The maximum absolute atomic E-state index is 12.9. The van der Waals surface area contributed by atoms with Crippen LogP contribution in [0.15, 0.2) is 33.6 Å². The molecule has 24 heavy (non-hydrogen) atoms. The van der Waals surface area contributed by atoms with Crippen molar-refractivity contribution in [1.82, 2.24) is 14.5 Å². The number of hydrogen-bond acceptors (Lipinski definition) is 5. The molecule has 3 heterocycles. The highest BCUT2D eigenvalue weighted by Crippen LogP contribution is 2.36. The Bertz CT molecular complexity index is 704. The molecule has 132 valence electrons. The molecule has 0 amide bonds. The van der Waals surface area contributed by atoms with E-state index in [1.165, 1.54) is 0 Å². The number of rotatable bonds is 2. The first-order chi connectivity index (χ1) is 11.5. The molecule has 3 saturated heterocycles. The Hall–Kier alpha value is -0.510. The van der Waals surface area contributed by atoms with Gasteiger partial charge in [-0.2, -0.15) is 4.31 Å². The predicted octanol–water partition coefficient (Wildman–Crippen LogP) is 1.23. The van der Waals surface area contributed by atoms with Gasteiger partial charge in [-0.05, 0) is 50.2 Å². The van der Waals surface area contributed by atoms with Crippen molar-refractivity contribution in [3.8, 4) is 0 Å². The molecule has 3 aliphatic rings. The van der Waals surface area contributed by atoms with E-state index in [1.54, 1.807) is 28.6 Å². The standard InChI is InChI=1S/C16H22BrN3O3S/c17-13-1-3-14(4-2-13)24(21,22)20-10-9-19-12-16(23-15(19)11-20)5-7-18-8-6-16/h1-4,15,18H,5-12H2. The van der Waals surface area contributed by atoms with Crippen molar-refractivity contribution in [3.63, 3.8) is 0 Å². The minimum atomic E-state index is -3.47. The number of ether oxygens (including phenoxy) is 1. The van der Waals surface area contributed by atoms with E-state index in [1.807, 2.05) is 0 Å². The van der Waals surface area contributed by atoms with Gasteiger partial charge in [0.25, 0.3) is 0 Å². The summed E-state index contributed by atoms with van der Waals surface area (Å²) in [5.74, 6) is 0. The van der Waals surface area contributed by atoms with Crippen LogP contribution in [0.2, 0.25) is 0 Å². The van der Waals surface area contributed by atoms with Gasteiger partial charge >= 0.3 is 0 Å². The number of piperazine rings is 1. The summed E-state index contributed by atoms with van der Waals surface area (Å²) in [6.07, 6.45) is 1.88. The van der Waals surface area contributed by atoms with Crippen LogP contribution in [0, 0.1) is 0 Å². The van der Waals surface area contributed by atoms with Crippen LogP contribution in [-0.2, 0) is 14.8 Å². The van der Waals surface area contributed by atoms with Crippen LogP contribution in [0.3, 0.4) is 0 Å². The summed E-state index contributed by atoms with van der Waals surface area (Å²) in [7, 11) is -3.47. The van der Waals surface area contributed by atoms with Gasteiger partial charge in [-0.25, -0.2) is 8.42 Å². The molecule has 0 saturated carbocycles. The topological polar surface area (TPSA) is 61.9 Å². The van der Waals surface area contributed by atoms with E-state index in [-0.39, 0.29) is 11.8 Å². The first-order valence-electron chi connectivity index (χ1n) is 8.37. The second kappa shape index (κ2) is 6.34. The molecule has 1 spiro atoms. The molecule has 0 radical (unpaired) electrons. The number of hydrogen-bond donors (Lipinski definition) is 1. The monoisotopic (exact) mass is 415 g/mol. The van der Waals surface area contributed by atoms with Gasteiger partial charge in [-0.3, -0.25) is 4.90 Å². The summed E-state index contributed by atoms with van der Waals surface area (Å²) in [5.41, 5.74) is -0.0900. The Morgan fingerprint density at radius 3 is 2.58 bits per heavy atom. The second-order valence-corrected chi connectivity index (χ2v) is 9.65. The smallest absolute Gasteiger partial charge is 0.243 e. The molecule has 6 nitrogen and oxygen atoms in total. The normalized spacial score (nSPS) is 28.1. The highest BCUT2D eigenvalue weighted by atomic mass is 79.9. The molecule has 0 bridgehead atoms. The van der Waals surface area contributed by atoms with E-state index in [0.717, 1.165) is 43.5 Å². The van der Waals surface area contributed by atoms with Crippen molar-refractivity contribution < 1.29 is 13.2 Å². The van der Waals surface area contributed by atoms with Gasteiger partial charge in [0, 0.05) is 24.1 Å². The van der Waals surface area contributed by atoms with Crippen LogP contribution in [0.1, 0.15) is 12.8 Å². The summed E-state index contributed by atoms with van der Waals surface area (Å²) in [6, 6.07) is 6.82. The number of nitrogens with one attached hydrogen (secondary N) is 1. The Kier molecular flexibility index (Phi) is 4.47. The van der Waals surface area contributed by atoms with Crippen molar-refractivity contribution in [2.24, 2.45) is 0 Å². The van der Waals surface area contributed by atoms with Gasteiger partial charge in [0.05, 0.1) is 17.0 Å². The minimum Gasteiger partial charge on any atom is -0.354 e. The Morgan fingerprint density at radius 2 is 1.88 bits per heavy atom. The molecule has 1 aromatic carbocycles. The lowest BCUT2D eigenvalue weighted by Gasteiger charge is -2.35. The van der Waals surface area contributed by atoms with Crippen LogP contribution in [0.25, 0.3) is 0 Å².